The molecule has 14 heteroatoms. The van der Waals surface area contributed by atoms with Gasteiger partial charge in [0.1, 0.15) is 17.7 Å². The molecule has 0 aliphatic carbocycles. The van der Waals surface area contributed by atoms with Crippen LogP contribution in [0.3, 0.4) is 0 Å². The summed E-state index contributed by atoms with van der Waals surface area (Å²) in [6.45, 7) is 3.03. The summed E-state index contributed by atoms with van der Waals surface area (Å²) >= 11 is 0. The minimum Gasteiger partial charge on any atom is -0.394 e. The molecule has 0 bridgehead atoms. The topological polar surface area (TPSA) is 160 Å². The summed E-state index contributed by atoms with van der Waals surface area (Å²) in [5.74, 6) is -0.615. The number of carbonyl (C=O) groups is 2. The quantitative estimate of drug-likeness (QED) is 0.256. The molecule has 0 unspecified atom stereocenters. The molecule has 0 saturated carbocycles. The van der Waals surface area contributed by atoms with Crippen LogP contribution >= 0.6 is 0 Å². The highest BCUT2D eigenvalue weighted by atomic mass is 19.4. The van der Waals surface area contributed by atoms with Crippen LogP contribution in [0.1, 0.15) is 29.8 Å². The number of hydrogen-bond donors (Lipinski definition) is 5. The number of hydrogen-bond acceptors (Lipinski definition) is 7. The van der Waals surface area contributed by atoms with Crippen LogP contribution in [-0.2, 0) is 6.18 Å². The minimum atomic E-state index is -4.58. The molecule has 4 rings (SSSR count). The number of pyridine rings is 1. The van der Waals surface area contributed by atoms with Gasteiger partial charge in [0.2, 0.25) is 0 Å². The van der Waals surface area contributed by atoms with Gasteiger partial charge in [-0.2, -0.15) is 18.3 Å². The highest BCUT2D eigenvalue weighted by molar-refractivity contribution is 6.07. The number of nitrogens with one attached hydrogen (secondary N) is 3. The fourth-order valence-corrected chi connectivity index (χ4v) is 3.59. The van der Waals surface area contributed by atoms with Crippen LogP contribution in [0.2, 0.25) is 0 Å². The Morgan fingerprint density at radius 3 is 2.45 bits per heavy atom. The Bertz CT molecular complexity index is 1500. The molecule has 0 atom stereocenters. The van der Waals surface area contributed by atoms with Gasteiger partial charge in [-0.25, -0.2) is 19.3 Å². The summed E-state index contributed by atoms with van der Waals surface area (Å²) in [5, 5.41) is 21.2. The Morgan fingerprint density at radius 2 is 1.79 bits per heavy atom. The molecule has 38 heavy (non-hydrogen) atoms. The zero-order chi connectivity index (χ0) is 27.7. The molecule has 198 valence electrons. The van der Waals surface area contributed by atoms with Crippen molar-refractivity contribution in [1.82, 2.24) is 24.9 Å². The lowest BCUT2D eigenvalue weighted by Gasteiger charge is -2.23. The molecule has 3 heterocycles. The lowest BCUT2D eigenvalue weighted by Crippen LogP contribution is -2.46. The lowest BCUT2D eigenvalue weighted by atomic mass is 10.00. The van der Waals surface area contributed by atoms with E-state index < -0.39 is 29.2 Å². The number of alkyl halides is 3. The maximum absolute atomic E-state index is 13.1. The predicted octanol–water partition coefficient (Wildman–Crippen LogP) is 3.54. The van der Waals surface area contributed by atoms with Crippen molar-refractivity contribution in [2.75, 3.05) is 23.0 Å². The Balaban J connectivity index is 1.59. The summed E-state index contributed by atoms with van der Waals surface area (Å²) in [7, 11) is 0. The van der Waals surface area contributed by atoms with Gasteiger partial charge in [0, 0.05) is 23.6 Å². The molecular formula is C24H23F3N8O3. The van der Waals surface area contributed by atoms with Crippen molar-refractivity contribution >= 4 is 34.8 Å². The van der Waals surface area contributed by atoms with Gasteiger partial charge >= 0.3 is 12.2 Å². The third-order valence-corrected chi connectivity index (χ3v) is 5.45. The first-order chi connectivity index (χ1) is 17.9. The molecule has 0 aliphatic rings. The second kappa shape index (κ2) is 9.97. The Labute approximate surface area is 213 Å². The second-order valence-electron chi connectivity index (χ2n) is 8.94. The molecule has 4 aromatic rings. The molecule has 0 saturated heterocycles. The summed E-state index contributed by atoms with van der Waals surface area (Å²) in [4.78, 5) is 33.2. The molecule has 0 radical (unpaired) electrons. The smallest absolute Gasteiger partial charge is 0.394 e. The van der Waals surface area contributed by atoms with E-state index >= 15 is 0 Å². The fraction of sp³-hybridized carbons (Fsp3) is 0.208. The summed E-state index contributed by atoms with van der Waals surface area (Å²) in [6, 6.07) is 7.03. The van der Waals surface area contributed by atoms with Crippen molar-refractivity contribution in [1.29, 1.82) is 0 Å². The normalized spacial score (nSPS) is 11.8. The molecule has 0 fully saturated rings. The number of rotatable bonds is 6. The molecule has 3 amide bonds. The van der Waals surface area contributed by atoms with E-state index in [0.717, 1.165) is 18.3 Å². The Hall–Kier alpha value is -4.72. The second-order valence-corrected chi connectivity index (χ2v) is 8.94. The molecule has 1 aromatic carbocycles. The van der Waals surface area contributed by atoms with Gasteiger partial charge in [0.25, 0.3) is 5.91 Å². The first kappa shape index (κ1) is 26.3. The van der Waals surface area contributed by atoms with Crippen LogP contribution in [0.15, 0.2) is 55.1 Å². The standard InChI is InChI=1S/C24H23F3N8O3/c1-23(2,11-36)34-21(37)16-10-35-19(20(28)30-12-31-35)18(16)13-3-5-15(6-4-13)32-22(38)33-17-9-14(7-8-29-17)24(25,26)27/h3-10,12,36H,11H2,1-2H3,(H,34,37)(H2,28,30,31)(H2,29,32,33,38). The number of aromatic nitrogens is 4. The summed E-state index contributed by atoms with van der Waals surface area (Å²) < 4.78 is 40.1. The third-order valence-electron chi connectivity index (χ3n) is 5.45. The molecule has 11 nitrogen and oxygen atoms in total. The first-order valence-electron chi connectivity index (χ1n) is 11.1. The number of aliphatic hydroxyl groups excluding tert-OH is 1. The number of nitrogens with zero attached hydrogens (tertiary/aromatic N) is 4. The van der Waals surface area contributed by atoms with Crippen LogP contribution < -0.4 is 21.7 Å². The molecule has 0 aliphatic heterocycles. The van der Waals surface area contributed by atoms with Gasteiger partial charge in [-0.3, -0.25) is 10.1 Å². The molecule has 6 N–H and O–H groups in total. The molecule has 0 spiro atoms. The van der Waals surface area contributed by atoms with Crippen molar-refractivity contribution in [3.8, 4) is 11.1 Å². The number of nitrogen functional groups attached to an aromatic ring is 1. The van der Waals surface area contributed by atoms with E-state index in [-0.39, 0.29) is 23.8 Å². The summed E-state index contributed by atoms with van der Waals surface area (Å²) in [6.07, 6.45) is -0.892. The van der Waals surface area contributed by atoms with Crippen molar-refractivity contribution in [2.45, 2.75) is 25.6 Å². The highest BCUT2D eigenvalue weighted by Gasteiger charge is 2.31. The van der Waals surface area contributed by atoms with E-state index in [2.05, 4.69) is 31.0 Å². The van der Waals surface area contributed by atoms with Crippen molar-refractivity contribution in [2.24, 2.45) is 0 Å². The number of urea groups is 1. The van der Waals surface area contributed by atoms with Gasteiger partial charge in [-0.1, -0.05) is 12.1 Å². The fourth-order valence-electron chi connectivity index (χ4n) is 3.59. The van der Waals surface area contributed by atoms with Gasteiger partial charge in [-0.15, -0.1) is 0 Å². The van der Waals surface area contributed by atoms with Gasteiger partial charge in [-0.05, 0) is 43.7 Å². The summed E-state index contributed by atoms with van der Waals surface area (Å²) in [5.41, 5.74) is 6.15. The van der Waals surface area contributed by atoms with Crippen molar-refractivity contribution in [3.63, 3.8) is 0 Å². The number of fused-ring (bicyclic) bond motifs is 1. The number of carbonyl (C=O) groups excluding carboxylic acids is 2. The monoisotopic (exact) mass is 528 g/mol. The average Bonchev–Trinajstić information content (AvgIpc) is 3.25. The number of anilines is 3. The van der Waals surface area contributed by atoms with Crippen molar-refractivity contribution < 1.29 is 27.9 Å². The first-order valence-corrected chi connectivity index (χ1v) is 11.1. The predicted molar refractivity (Wildman–Crippen MR) is 133 cm³/mol. The third kappa shape index (κ3) is 5.64. The SMILES string of the molecule is CC(C)(CO)NC(=O)c1cn2ncnc(N)c2c1-c1ccc(NC(=O)Nc2cc(C(F)(F)F)ccn2)cc1. The van der Waals surface area contributed by atoms with E-state index in [1.54, 1.807) is 26.0 Å². The van der Waals surface area contributed by atoms with Gasteiger partial charge in [0.15, 0.2) is 5.82 Å². The number of aliphatic hydroxyl groups is 1. The van der Waals surface area contributed by atoms with Crippen LogP contribution in [0.4, 0.5) is 35.3 Å². The Kier molecular flexibility index (Phi) is 6.91. The van der Waals surface area contributed by atoms with E-state index in [1.807, 2.05) is 0 Å². The number of nitrogens with two attached hydrogens (primary N) is 1. The van der Waals surface area contributed by atoms with Crippen LogP contribution in [0.5, 0.6) is 0 Å². The highest BCUT2D eigenvalue weighted by Crippen LogP contribution is 2.33. The van der Waals surface area contributed by atoms with Gasteiger partial charge < -0.3 is 21.5 Å². The van der Waals surface area contributed by atoms with E-state index in [1.165, 1.54) is 29.2 Å². The van der Waals surface area contributed by atoms with Crippen molar-refractivity contribution in [3.05, 3.63) is 66.2 Å². The number of amides is 3. The maximum atomic E-state index is 13.1. The zero-order valence-electron chi connectivity index (χ0n) is 20.2. The largest absolute Gasteiger partial charge is 0.416 e. The molecule has 3 aromatic heterocycles. The molecular weight excluding hydrogens is 505 g/mol. The number of benzene rings is 1. The minimum absolute atomic E-state index is 0.130. The van der Waals surface area contributed by atoms with E-state index in [0.29, 0.717) is 22.3 Å². The number of halogens is 3. The van der Waals surface area contributed by atoms with Crippen LogP contribution in [0, 0.1) is 0 Å². The maximum Gasteiger partial charge on any atom is 0.416 e. The van der Waals surface area contributed by atoms with Gasteiger partial charge in [0.05, 0.1) is 23.3 Å². The van der Waals surface area contributed by atoms with Crippen LogP contribution in [-0.4, -0.2) is 48.8 Å². The van der Waals surface area contributed by atoms with E-state index in [4.69, 9.17) is 5.73 Å². The van der Waals surface area contributed by atoms with Crippen LogP contribution in [0.25, 0.3) is 16.6 Å². The zero-order valence-corrected chi connectivity index (χ0v) is 20.2. The lowest BCUT2D eigenvalue weighted by molar-refractivity contribution is -0.137. The Morgan fingerprint density at radius 1 is 1.08 bits per heavy atom. The average molecular weight is 528 g/mol. The van der Waals surface area contributed by atoms with E-state index in [9.17, 15) is 27.9 Å².